The van der Waals surface area contributed by atoms with Crippen molar-refractivity contribution in [2.45, 2.75) is 46.3 Å². The Hall–Kier alpha value is -1.79. The van der Waals surface area contributed by atoms with Crippen LogP contribution in [-0.4, -0.2) is 74.3 Å². The van der Waals surface area contributed by atoms with Crippen LogP contribution in [0.5, 0.6) is 5.75 Å². The van der Waals surface area contributed by atoms with Crippen molar-refractivity contribution < 1.29 is 9.47 Å². The average Bonchev–Trinajstić information content (AvgIpc) is 2.67. The van der Waals surface area contributed by atoms with Crippen molar-refractivity contribution >= 4 is 5.96 Å². The highest BCUT2D eigenvalue weighted by atomic mass is 16.5. The quantitative estimate of drug-likeness (QED) is 0.558. The zero-order chi connectivity index (χ0) is 19.6. The molecule has 1 fully saturated rings. The second kappa shape index (κ2) is 11.1. The molecule has 0 bridgehead atoms. The van der Waals surface area contributed by atoms with Crippen LogP contribution in [0.15, 0.2) is 29.3 Å². The predicted octanol–water partition coefficient (Wildman–Crippen LogP) is 2.59. The first-order valence-corrected chi connectivity index (χ1v) is 10.1. The lowest BCUT2D eigenvalue weighted by atomic mass is 10.2. The number of hydrogen-bond donors (Lipinski definition) is 1. The number of benzene rings is 1. The molecule has 1 saturated heterocycles. The molecule has 1 aliphatic rings. The second-order valence-electron chi connectivity index (χ2n) is 7.14. The molecule has 1 heterocycles. The Labute approximate surface area is 164 Å². The summed E-state index contributed by atoms with van der Waals surface area (Å²) in [6, 6.07) is 9.13. The summed E-state index contributed by atoms with van der Waals surface area (Å²) in [7, 11) is 2.08. The van der Waals surface area contributed by atoms with Crippen molar-refractivity contribution in [2.24, 2.45) is 4.99 Å². The van der Waals surface area contributed by atoms with Crippen LogP contribution in [-0.2, 0) is 11.3 Å². The number of morpholine rings is 1. The van der Waals surface area contributed by atoms with Gasteiger partial charge in [-0.2, -0.15) is 0 Å². The lowest BCUT2D eigenvalue weighted by Gasteiger charge is -2.37. The summed E-state index contributed by atoms with van der Waals surface area (Å²) >= 11 is 0. The zero-order valence-electron chi connectivity index (χ0n) is 17.6. The van der Waals surface area contributed by atoms with Crippen LogP contribution in [0.2, 0.25) is 0 Å². The Kier molecular flexibility index (Phi) is 8.88. The standard InChI is InChI=1S/C21H36N4O2/c1-6-22-21(23-14-17(3)25-12-13-26-16-18(25)4)24(5)15-19-8-10-20(11-9-19)27-7-2/h8-11,17-18H,6-7,12-16H2,1-5H3,(H,22,23). The minimum absolute atomic E-state index is 0.399. The lowest BCUT2D eigenvalue weighted by Crippen LogP contribution is -2.49. The Balaban J connectivity index is 1.96. The summed E-state index contributed by atoms with van der Waals surface area (Å²) in [6.45, 7) is 14.3. The van der Waals surface area contributed by atoms with Crippen molar-refractivity contribution in [3.05, 3.63) is 29.8 Å². The molecule has 0 radical (unpaired) electrons. The van der Waals surface area contributed by atoms with Crippen molar-refractivity contribution in [3.8, 4) is 5.75 Å². The van der Waals surface area contributed by atoms with E-state index in [1.807, 2.05) is 19.1 Å². The van der Waals surface area contributed by atoms with Crippen LogP contribution in [0.25, 0.3) is 0 Å². The average molecular weight is 377 g/mol. The van der Waals surface area contributed by atoms with Gasteiger partial charge in [0.15, 0.2) is 5.96 Å². The minimum atomic E-state index is 0.399. The third kappa shape index (κ3) is 6.70. The number of ether oxygens (including phenoxy) is 2. The van der Waals surface area contributed by atoms with Crippen molar-refractivity contribution in [3.63, 3.8) is 0 Å². The second-order valence-corrected chi connectivity index (χ2v) is 7.14. The topological polar surface area (TPSA) is 49.3 Å². The summed E-state index contributed by atoms with van der Waals surface area (Å²) in [5.74, 6) is 1.86. The van der Waals surface area contributed by atoms with Gasteiger partial charge in [-0.15, -0.1) is 0 Å². The van der Waals surface area contributed by atoms with Crippen molar-refractivity contribution in [2.75, 3.05) is 46.5 Å². The van der Waals surface area contributed by atoms with E-state index in [2.05, 4.69) is 55.1 Å². The highest BCUT2D eigenvalue weighted by molar-refractivity contribution is 5.79. The van der Waals surface area contributed by atoms with E-state index < -0.39 is 0 Å². The Morgan fingerprint density at radius 3 is 2.74 bits per heavy atom. The molecule has 6 nitrogen and oxygen atoms in total. The fraction of sp³-hybridized carbons (Fsp3) is 0.667. The van der Waals surface area contributed by atoms with Crippen LogP contribution < -0.4 is 10.1 Å². The highest BCUT2D eigenvalue weighted by Crippen LogP contribution is 2.14. The minimum Gasteiger partial charge on any atom is -0.494 e. The van der Waals surface area contributed by atoms with Gasteiger partial charge in [-0.1, -0.05) is 12.1 Å². The van der Waals surface area contributed by atoms with Gasteiger partial charge in [0.05, 0.1) is 26.4 Å². The van der Waals surface area contributed by atoms with Gasteiger partial charge < -0.3 is 19.7 Å². The van der Waals surface area contributed by atoms with Gasteiger partial charge in [0.1, 0.15) is 5.75 Å². The van der Waals surface area contributed by atoms with E-state index in [1.165, 1.54) is 5.56 Å². The highest BCUT2D eigenvalue weighted by Gasteiger charge is 2.23. The molecular weight excluding hydrogens is 340 g/mol. The first-order valence-electron chi connectivity index (χ1n) is 10.1. The third-order valence-electron chi connectivity index (χ3n) is 4.84. The monoisotopic (exact) mass is 376 g/mol. The molecule has 1 aromatic carbocycles. The van der Waals surface area contributed by atoms with Gasteiger partial charge in [0, 0.05) is 38.8 Å². The van der Waals surface area contributed by atoms with Gasteiger partial charge in [0.2, 0.25) is 0 Å². The van der Waals surface area contributed by atoms with Gasteiger partial charge >= 0.3 is 0 Å². The maximum absolute atomic E-state index is 5.55. The summed E-state index contributed by atoms with van der Waals surface area (Å²) in [5, 5.41) is 3.41. The number of nitrogens with zero attached hydrogens (tertiary/aromatic N) is 3. The molecule has 1 N–H and O–H groups in total. The Morgan fingerprint density at radius 2 is 2.11 bits per heavy atom. The molecule has 2 unspecified atom stereocenters. The lowest BCUT2D eigenvalue weighted by molar-refractivity contribution is -0.0166. The molecular formula is C21H36N4O2. The van der Waals surface area contributed by atoms with E-state index in [-0.39, 0.29) is 0 Å². The van der Waals surface area contributed by atoms with E-state index in [4.69, 9.17) is 14.5 Å². The fourth-order valence-corrected chi connectivity index (χ4v) is 3.39. The zero-order valence-corrected chi connectivity index (χ0v) is 17.6. The van der Waals surface area contributed by atoms with Crippen LogP contribution >= 0.6 is 0 Å². The molecule has 0 aromatic heterocycles. The summed E-state index contributed by atoms with van der Waals surface area (Å²) < 4.78 is 11.1. The van der Waals surface area contributed by atoms with E-state index in [9.17, 15) is 0 Å². The number of aliphatic imine (C=N–C) groups is 1. The fourth-order valence-electron chi connectivity index (χ4n) is 3.39. The molecule has 2 atom stereocenters. The molecule has 0 saturated carbocycles. The summed E-state index contributed by atoms with van der Waals surface area (Å²) in [4.78, 5) is 9.55. The molecule has 2 rings (SSSR count). The summed E-state index contributed by atoms with van der Waals surface area (Å²) in [6.07, 6.45) is 0. The Morgan fingerprint density at radius 1 is 1.37 bits per heavy atom. The number of hydrogen-bond acceptors (Lipinski definition) is 4. The molecule has 27 heavy (non-hydrogen) atoms. The molecule has 0 spiro atoms. The maximum Gasteiger partial charge on any atom is 0.194 e. The molecule has 6 heteroatoms. The van der Waals surface area contributed by atoms with Crippen LogP contribution in [0, 0.1) is 0 Å². The van der Waals surface area contributed by atoms with Gasteiger partial charge in [-0.05, 0) is 45.4 Å². The first kappa shape index (κ1) is 21.5. The normalized spacial score (nSPS) is 19.6. The van der Waals surface area contributed by atoms with Crippen molar-refractivity contribution in [1.29, 1.82) is 0 Å². The van der Waals surface area contributed by atoms with E-state index >= 15 is 0 Å². The Bertz CT molecular complexity index is 576. The largest absolute Gasteiger partial charge is 0.494 e. The predicted molar refractivity (Wildman–Crippen MR) is 112 cm³/mol. The van der Waals surface area contributed by atoms with Gasteiger partial charge in [-0.3, -0.25) is 9.89 Å². The molecule has 1 aromatic rings. The number of guanidine groups is 1. The molecule has 0 amide bonds. The summed E-state index contributed by atoms with van der Waals surface area (Å²) in [5.41, 5.74) is 1.24. The van der Waals surface area contributed by atoms with Crippen LogP contribution in [0.3, 0.4) is 0 Å². The van der Waals surface area contributed by atoms with E-state index in [1.54, 1.807) is 0 Å². The number of nitrogens with one attached hydrogen (secondary N) is 1. The number of rotatable bonds is 8. The smallest absolute Gasteiger partial charge is 0.194 e. The van der Waals surface area contributed by atoms with Crippen LogP contribution in [0.1, 0.15) is 33.3 Å². The van der Waals surface area contributed by atoms with Crippen molar-refractivity contribution in [1.82, 2.24) is 15.1 Å². The SMILES string of the molecule is CCNC(=NCC(C)N1CCOCC1C)N(C)Cc1ccc(OCC)cc1. The molecule has 152 valence electrons. The van der Waals surface area contributed by atoms with E-state index in [0.717, 1.165) is 51.1 Å². The molecule has 0 aliphatic carbocycles. The first-order chi connectivity index (χ1) is 13.0. The van der Waals surface area contributed by atoms with E-state index in [0.29, 0.717) is 18.7 Å². The van der Waals surface area contributed by atoms with Gasteiger partial charge in [0.25, 0.3) is 0 Å². The maximum atomic E-state index is 5.55. The van der Waals surface area contributed by atoms with Gasteiger partial charge in [-0.25, -0.2) is 0 Å². The van der Waals surface area contributed by atoms with Crippen LogP contribution in [0.4, 0.5) is 0 Å². The third-order valence-corrected chi connectivity index (χ3v) is 4.84. The molecule has 1 aliphatic heterocycles.